The van der Waals surface area contributed by atoms with E-state index in [1.807, 2.05) is 0 Å². The molecule has 0 spiro atoms. The molecule has 84 valence electrons. The molecule has 0 N–H and O–H groups in total. The van der Waals surface area contributed by atoms with Crippen molar-refractivity contribution in [2.75, 3.05) is 13.2 Å². The lowest BCUT2D eigenvalue weighted by molar-refractivity contribution is 0.229. The smallest absolute Gasteiger partial charge is 0.354 e. The van der Waals surface area contributed by atoms with Crippen LogP contribution in [-0.4, -0.2) is 13.2 Å². The average Bonchev–Trinajstić information content (AvgIpc) is 2.68. The van der Waals surface area contributed by atoms with Gasteiger partial charge in [0.05, 0.1) is 19.5 Å². The molecule has 4 nitrogen and oxygen atoms in total. The number of hydrogen-bond donors (Lipinski definition) is 0. The van der Waals surface area contributed by atoms with Crippen molar-refractivity contribution in [3.63, 3.8) is 0 Å². The molecule has 0 unspecified atom stereocenters. The van der Waals surface area contributed by atoms with Crippen molar-refractivity contribution in [1.82, 2.24) is 0 Å². The highest BCUT2D eigenvalue weighted by atomic mass is 31.2. The molecule has 1 heterocycles. The van der Waals surface area contributed by atoms with Crippen LogP contribution in [0.2, 0.25) is 0 Å². The molecular weight excluding hydrogens is 215 g/mol. The summed E-state index contributed by atoms with van der Waals surface area (Å²) in [4.78, 5) is 0. The van der Waals surface area contributed by atoms with Crippen LogP contribution in [0.25, 0.3) is 6.08 Å². The van der Waals surface area contributed by atoms with E-state index < -0.39 is 7.60 Å². The molecule has 5 heteroatoms. The van der Waals surface area contributed by atoms with E-state index in [1.165, 1.54) is 5.82 Å². The Morgan fingerprint density at radius 1 is 1.40 bits per heavy atom. The minimum absolute atomic E-state index is 0.347. The number of rotatable bonds is 6. The van der Waals surface area contributed by atoms with Crippen LogP contribution in [-0.2, 0) is 13.6 Å². The summed E-state index contributed by atoms with van der Waals surface area (Å²) in [5.41, 5.74) is 0. The first kappa shape index (κ1) is 12.2. The maximum atomic E-state index is 11.9. The Kier molecular flexibility index (Phi) is 4.82. The Morgan fingerprint density at radius 3 is 2.53 bits per heavy atom. The highest BCUT2D eigenvalue weighted by Gasteiger charge is 2.18. The van der Waals surface area contributed by atoms with E-state index in [1.54, 1.807) is 38.3 Å². The minimum Gasteiger partial charge on any atom is -0.465 e. The largest absolute Gasteiger partial charge is 0.465 e. The third-order valence-corrected chi connectivity index (χ3v) is 3.33. The van der Waals surface area contributed by atoms with Crippen molar-refractivity contribution in [2.24, 2.45) is 0 Å². The van der Waals surface area contributed by atoms with Gasteiger partial charge in [0.25, 0.3) is 0 Å². The summed E-state index contributed by atoms with van der Waals surface area (Å²) in [5, 5.41) is 0. The van der Waals surface area contributed by atoms with E-state index in [0.717, 1.165) is 0 Å². The van der Waals surface area contributed by atoms with E-state index in [9.17, 15) is 4.57 Å². The summed E-state index contributed by atoms with van der Waals surface area (Å²) in [6, 6.07) is 3.52. The molecule has 1 aromatic heterocycles. The van der Waals surface area contributed by atoms with Gasteiger partial charge in [-0.05, 0) is 32.1 Å². The Morgan fingerprint density at radius 2 is 2.07 bits per heavy atom. The van der Waals surface area contributed by atoms with Gasteiger partial charge in [-0.3, -0.25) is 4.57 Å². The fourth-order valence-electron chi connectivity index (χ4n) is 1.03. The first-order valence-corrected chi connectivity index (χ1v) is 6.43. The van der Waals surface area contributed by atoms with E-state index in [2.05, 4.69) is 0 Å². The molecule has 1 rings (SSSR count). The van der Waals surface area contributed by atoms with Gasteiger partial charge in [0.1, 0.15) is 5.76 Å². The second-order valence-corrected chi connectivity index (χ2v) is 4.60. The molecule has 0 atom stereocenters. The minimum atomic E-state index is -3.10. The lowest BCUT2D eigenvalue weighted by atomic mass is 10.5. The van der Waals surface area contributed by atoms with Crippen LogP contribution in [0.3, 0.4) is 0 Å². The van der Waals surface area contributed by atoms with Crippen LogP contribution in [0.15, 0.2) is 28.6 Å². The molecular formula is C10H15O4P. The first-order chi connectivity index (χ1) is 7.20. The van der Waals surface area contributed by atoms with Gasteiger partial charge in [-0.1, -0.05) is 0 Å². The summed E-state index contributed by atoms with van der Waals surface area (Å²) in [6.45, 7) is 4.23. The monoisotopic (exact) mass is 230 g/mol. The highest BCUT2D eigenvalue weighted by molar-refractivity contribution is 7.57. The maximum Gasteiger partial charge on any atom is 0.354 e. The molecule has 0 radical (unpaired) electrons. The van der Waals surface area contributed by atoms with Gasteiger partial charge in [0, 0.05) is 5.82 Å². The predicted octanol–water partition coefficient (Wildman–Crippen LogP) is 3.52. The van der Waals surface area contributed by atoms with Gasteiger partial charge in [-0.25, -0.2) is 0 Å². The molecule has 0 fully saturated rings. The van der Waals surface area contributed by atoms with Gasteiger partial charge in [0.2, 0.25) is 0 Å². The fraction of sp³-hybridized carbons (Fsp3) is 0.400. The molecule has 0 amide bonds. The van der Waals surface area contributed by atoms with Gasteiger partial charge in [0.15, 0.2) is 0 Å². The van der Waals surface area contributed by atoms with Crippen LogP contribution in [0.1, 0.15) is 19.6 Å². The molecule has 0 bridgehead atoms. The Bertz CT molecular complexity index is 332. The summed E-state index contributed by atoms with van der Waals surface area (Å²) >= 11 is 0. The van der Waals surface area contributed by atoms with Crippen molar-refractivity contribution in [1.29, 1.82) is 0 Å². The second-order valence-electron chi connectivity index (χ2n) is 2.71. The third kappa shape index (κ3) is 4.04. The predicted molar refractivity (Wildman–Crippen MR) is 58.6 cm³/mol. The standard InChI is InChI=1S/C10H15O4P/c1-3-13-15(11,14-4-2)9-7-10-6-5-8-12-10/h5-9H,3-4H2,1-2H3/b9-7-. The molecule has 0 aliphatic carbocycles. The molecule has 0 aliphatic heterocycles. The van der Waals surface area contributed by atoms with Crippen LogP contribution in [0.5, 0.6) is 0 Å². The number of furan rings is 1. The first-order valence-electron chi connectivity index (χ1n) is 4.81. The van der Waals surface area contributed by atoms with Crippen LogP contribution in [0.4, 0.5) is 0 Å². The molecule has 0 saturated carbocycles. The van der Waals surface area contributed by atoms with E-state index >= 15 is 0 Å². The van der Waals surface area contributed by atoms with Gasteiger partial charge in [-0.2, -0.15) is 0 Å². The molecule has 0 aliphatic rings. The maximum absolute atomic E-state index is 11.9. The highest BCUT2D eigenvalue weighted by Crippen LogP contribution is 2.49. The molecule has 1 aromatic rings. The van der Waals surface area contributed by atoms with Crippen molar-refractivity contribution < 1.29 is 18.0 Å². The van der Waals surface area contributed by atoms with Crippen LogP contribution in [0, 0.1) is 0 Å². The molecule has 15 heavy (non-hydrogen) atoms. The zero-order valence-corrected chi connectivity index (χ0v) is 9.78. The SMILES string of the molecule is CCOP(=O)(/C=C\c1ccco1)OCC. The third-order valence-electron chi connectivity index (χ3n) is 1.58. The zero-order valence-electron chi connectivity index (χ0n) is 8.88. The van der Waals surface area contributed by atoms with Gasteiger partial charge in [-0.15, -0.1) is 0 Å². The van der Waals surface area contributed by atoms with Crippen molar-refractivity contribution in [3.8, 4) is 0 Å². The Hall–Kier alpha value is -0.830. The van der Waals surface area contributed by atoms with Crippen LogP contribution >= 0.6 is 7.60 Å². The second kappa shape index (κ2) is 5.91. The zero-order chi connectivity index (χ0) is 11.1. The molecule has 0 saturated heterocycles. The van der Waals surface area contributed by atoms with Crippen LogP contribution < -0.4 is 0 Å². The van der Waals surface area contributed by atoms with E-state index in [0.29, 0.717) is 19.0 Å². The lowest BCUT2D eigenvalue weighted by Gasteiger charge is -2.11. The number of hydrogen-bond acceptors (Lipinski definition) is 4. The summed E-state index contributed by atoms with van der Waals surface area (Å²) in [5.74, 6) is 2.04. The van der Waals surface area contributed by atoms with Gasteiger partial charge < -0.3 is 13.5 Å². The Balaban J connectivity index is 2.70. The average molecular weight is 230 g/mol. The summed E-state index contributed by atoms with van der Waals surface area (Å²) in [6.07, 6.45) is 3.14. The van der Waals surface area contributed by atoms with Crippen molar-refractivity contribution >= 4 is 13.7 Å². The topological polar surface area (TPSA) is 48.7 Å². The summed E-state index contributed by atoms with van der Waals surface area (Å²) in [7, 11) is -3.10. The van der Waals surface area contributed by atoms with Gasteiger partial charge >= 0.3 is 7.60 Å². The fourth-order valence-corrected chi connectivity index (χ4v) is 2.33. The van der Waals surface area contributed by atoms with Crippen molar-refractivity contribution in [3.05, 3.63) is 30.0 Å². The normalized spacial score (nSPS) is 12.4. The summed E-state index contributed by atoms with van der Waals surface area (Å²) < 4.78 is 27.1. The Labute approximate surface area is 89.4 Å². The van der Waals surface area contributed by atoms with E-state index in [4.69, 9.17) is 13.5 Å². The van der Waals surface area contributed by atoms with Crippen molar-refractivity contribution in [2.45, 2.75) is 13.8 Å². The van der Waals surface area contributed by atoms with E-state index in [-0.39, 0.29) is 0 Å². The quantitative estimate of drug-likeness (QED) is 0.701. The lowest BCUT2D eigenvalue weighted by Crippen LogP contribution is -1.92. The molecule has 0 aromatic carbocycles.